The average molecular weight is 255 g/mol. The number of piperidine rings is 1. The number of nitrogens with zero attached hydrogens (tertiary/aromatic N) is 1. The minimum Gasteiger partial charge on any atom is -0.303 e. The smallest absolute Gasteiger partial charge is 0.00300 e. The predicted octanol–water partition coefficient (Wildman–Crippen LogP) is 5.21. The number of hydrogen-bond acceptors (Lipinski definition) is 1. The maximum atomic E-state index is 2.65. The van der Waals surface area contributed by atoms with Crippen molar-refractivity contribution in [3.05, 3.63) is 0 Å². The van der Waals surface area contributed by atoms with E-state index in [2.05, 4.69) is 46.4 Å². The zero-order chi connectivity index (χ0) is 14.4. The Morgan fingerprint density at radius 3 is 1.61 bits per heavy atom. The number of rotatable bonds is 2. The molecule has 0 aromatic carbocycles. The highest BCUT2D eigenvalue weighted by atomic mass is 15.1. The van der Waals surface area contributed by atoms with Gasteiger partial charge in [0.25, 0.3) is 0 Å². The fraction of sp³-hybridized carbons (Fsp3) is 1.00. The quantitative estimate of drug-likeness (QED) is 0.655. The van der Waals surface area contributed by atoms with Gasteiger partial charge in [-0.05, 0) is 49.1 Å². The van der Waals surface area contributed by atoms with Gasteiger partial charge in [-0.2, -0.15) is 0 Å². The molecule has 0 unspecified atom stereocenters. The first-order valence-corrected chi connectivity index (χ1v) is 7.88. The molecule has 1 heteroatoms. The Morgan fingerprint density at radius 1 is 0.833 bits per heavy atom. The summed E-state index contributed by atoms with van der Waals surface area (Å²) in [6, 6.07) is 0. The molecule has 0 atom stereocenters. The summed E-state index contributed by atoms with van der Waals surface area (Å²) in [5.41, 5.74) is 0.966. The van der Waals surface area contributed by atoms with E-state index in [1.54, 1.807) is 0 Å². The number of likely N-dealkylation sites (tertiary alicyclic amines) is 1. The van der Waals surface area contributed by atoms with Crippen molar-refractivity contribution in [1.82, 2.24) is 4.90 Å². The highest BCUT2D eigenvalue weighted by Gasteiger charge is 2.25. The van der Waals surface area contributed by atoms with E-state index in [9.17, 15) is 0 Å². The molecular weight excluding hydrogens is 218 g/mol. The monoisotopic (exact) mass is 255 g/mol. The molecule has 110 valence electrons. The van der Waals surface area contributed by atoms with Gasteiger partial charge >= 0.3 is 0 Å². The lowest BCUT2D eigenvalue weighted by atomic mass is 9.80. The third kappa shape index (κ3) is 8.97. The van der Waals surface area contributed by atoms with Gasteiger partial charge in [-0.15, -0.1) is 0 Å². The van der Waals surface area contributed by atoms with Crippen LogP contribution in [0.2, 0.25) is 0 Å². The van der Waals surface area contributed by atoms with Crippen LogP contribution in [0.5, 0.6) is 0 Å². The fourth-order valence-corrected chi connectivity index (χ4v) is 2.89. The molecule has 1 nitrogen and oxygen atoms in total. The van der Waals surface area contributed by atoms with Gasteiger partial charge in [0.1, 0.15) is 0 Å². The lowest BCUT2D eigenvalue weighted by Gasteiger charge is -2.37. The molecule has 1 saturated heterocycles. The summed E-state index contributed by atoms with van der Waals surface area (Å²) < 4.78 is 0. The lowest BCUT2D eigenvalue weighted by molar-refractivity contribution is 0.118. The van der Waals surface area contributed by atoms with Gasteiger partial charge in [-0.3, -0.25) is 0 Å². The summed E-state index contributed by atoms with van der Waals surface area (Å²) >= 11 is 0. The van der Waals surface area contributed by atoms with Crippen LogP contribution in [0.4, 0.5) is 0 Å². The van der Waals surface area contributed by atoms with Crippen LogP contribution >= 0.6 is 0 Å². The summed E-state index contributed by atoms with van der Waals surface area (Å²) in [5.74, 6) is 0.969. The molecular formula is C17H37N. The molecule has 1 aliphatic heterocycles. The SMILES string of the molecule is CC.CC(C)(C)CC1CCN(CC(C)(C)C)CC1. The highest BCUT2D eigenvalue weighted by Crippen LogP contribution is 2.31. The minimum atomic E-state index is 0.455. The molecule has 0 N–H and O–H groups in total. The molecule has 18 heavy (non-hydrogen) atoms. The lowest BCUT2D eigenvalue weighted by Crippen LogP contribution is -2.39. The summed E-state index contributed by atoms with van der Waals surface area (Å²) in [4.78, 5) is 2.65. The second kappa shape index (κ2) is 7.53. The molecule has 0 bridgehead atoms. The van der Waals surface area contributed by atoms with Crippen molar-refractivity contribution in [2.24, 2.45) is 16.7 Å². The Balaban J connectivity index is 0.00000137. The Labute approximate surface area is 116 Å². The van der Waals surface area contributed by atoms with Gasteiger partial charge in [0, 0.05) is 6.54 Å². The average Bonchev–Trinajstić information content (AvgIpc) is 2.20. The van der Waals surface area contributed by atoms with Crippen molar-refractivity contribution in [2.45, 2.75) is 74.7 Å². The van der Waals surface area contributed by atoms with E-state index in [-0.39, 0.29) is 0 Å². The van der Waals surface area contributed by atoms with Crippen LogP contribution in [-0.4, -0.2) is 24.5 Å². The van der Waals surface area contributed by atoms with Gasteiger partial charge in [-0.25, -0.2) is 0 Å². The van der Waals surface area contributed by atoms with Crippen LogP contribution in [0.3, 0.4) is 0 Å². The molecule has 0 radical (unpaired) electrons. The molecule has 1 rings (SSSR count). The molecule has 0 saturated carbocycles. The maximum Gasteiger partial charge on any atom is 0.00300 e. The van der Waals surface area contributed by atoms with Crippen LogP contribution in [0.1, 0.15) is 74.7 Å². The Morgan fingerprint density at radius 2 is 1.28 bits per heavy atom. The van der Waals surface area contributed by atoms with E-state index in [1.165, 1.54) is 38.9 Å². The van der Waals surface area contributed by atoms with Crippen LogP contribution in [0.25, 0.3) is 0 Å². The van der Waals surface area contributed by atoms with Crippen LogP contribution in [0.15, 0.2) is 0 Å². The van der Waals surface area contributed by atoms with Crippen LogP contribution < -0.4 is 0 Å². The van der Waals surface area contributed by atoms with E-state index in [1.807, 2.05) is 13.8 Å². The molecule has 1 heterocycles. The number of hydrogen-bond donors (Lipinski definition) is 0. The standard InChI is InChI=1S/C15H31N.C2H6/c1-14(2,3)11-13-7-9-16(10-8-13)12-15(4,5)6;1-2/h13H,7-12H2,1-6H3;1-2H3. The van der Waals surface area contributed by atoms with Crippen molar-refractivity contribution >= 4 is 0 Å². The first kappa shape index (κ1) is 18.0. The zero-order valence-electron chi connectivity index (χ0n) is 14.3. The van der Waals surface area contributed by atoms with Crippen molar-refractivity contribution in [1.29, 1.82) is 0 Å². The normalized spacial score (nSPS) is 19.3. The second-order valence-electron chi connectivity index (χ2n) is 8.04. The Hall–Kier alpha value is -0.0400. The summed E-state index contributed by atoms with van der Waals surface area (Å²) in [6.07, 6.45) is 4.22. The third-order valence-electron chi connectivity index (χ3n) is 3.31. The first-order valence-electron chi connectivity index (χ1n) is 7.88. The molecule has 0 aromatic rings. The Kier molecular flexibility index (Phi) is 7.51. The zero-order valence-corrected chi connectivity index (χ0v) is 14.3. The van der Waals surface area contributed by atoms with Gasteiger partial charge in [0.05, 0.1) is 0 Å². The summed E-state index contributed by atoms with van der Waals surface area (Å²) in [7, 11) is 0. The van der Waals surface area contributed by atoms with E-state index >= 15 is 0 Å². The summed E-state index contributed by atoms with van der Waals surface area (Å²) in [6.45, 7) is 22.0. The van der Waals surface area contributed by atoms with E-state index in [0.717, 1.165) is 5.92 Å². The van der Waals surface area contributed by atoms with Gasteiger partial charge in [0.2, 0.25) is 0 Å². The first-order chi connectivity index (χ1) is 8.16. The Bertz CT molecular complexity index is 175. The van der Waals surface area contributed by atoms with E-state index < -0.39 is 0 Å². The van der Waals surface area contributed by atoms with Gasteiger partial charge < -0.3 is 4.90 Å². The van der Waals surface area contributed by atoms with Crippen molar-refractivity contribution in [3.8, 4) is 0 Å². The topological polar surface area (TPSA) is 3.24 Å². The van der Waals surface area contributed by atoms with Crippen molar-refractivity contribution in [2.75, 3.05) is 19.6 Å². The van der Waals surface area contributed by atoms with E-state index in [4.69, 9.17) is 0 Å². The van der Waals surface area contributed by atoms with Gasteiger partial charge in [0.15, 0.2) is 0 Å². The minimum absolute atomic E-state index is 0.455. The van der Waals surface area contributed by atoms with Crippen molar-refractivity contribution in [3.63, 3.8) is 0 Å². The van der Waals surface area contributed by atoms with Crippen molar-refractivity contribution < 1.29 is 0 Å². The van der Waals surface area contributed by atoms with Gasteiger partial charge in [-0.1, -0.05) is 55.4 Å². The largest absolute Gasteiger partial charge is 0.303 e. The molecule has 0 spiro atoms. The predicted molar refractivity (Wildman–Crippen MR) is 84.0 cm³/mol. The molecule has 0 aliphatic carbocycles. The molecule has 1 aliphatic rings. The summed E-state index contributed by atoms with van der Waals surface area (Å²) in [5, 5.41) is 0. The van der Waals surface area contributed by atoms with Crippen LogP contribution in [-0.2, 0) is 0 Å². The maximum absolute atomic E-state index is 2.65. The van der Waals surface area contributed by atoms with E-state index in [0.29, 0.717) is 10.8 Å². The van der Waals surface area contributed by atoms with Crippen LogP contribution in [0, 0.1) is 16.7 Å². The molecule has 0 aromatic heterocycles. The fourth-order valence-electron chi connectivity index (χ4n) is 2.89. The molecule has 0 amide bonds. The molecule has 1 fully saturated rings. The third-order valence-corrected chi connectivity index (χ3v) is 3.31. The second-order valence-corrected chi connectivity index (χ2v) is 8.04. The highest BCUT2D eigenvalue weighted by molar-refractivity contribution is 4.78.